The molecule has 0 aliphatic rings. The number of hydrogen-bond donors (Lipinski definition) is 2. The Morgan fingerprint density at radius 1 is 0.964 bits per heavy atom. The van der Waals surface area contributed by atoms with Crippen LogP contribution < -0.4 is 4.72 Å². The minimum absolute atomic E-state index is 0.247. The highest BCUT2D eigenvalue weighted by atomic mass is 32.2. The normalized spacial score (nSPS) is 11.7. The van der Waals surface area contributed by atoms with Gasteiger partial charge in [0.15, 0.2) is 5.82 Å². The monoisotopic (exact) mass is 398 g/mol. The Morgan fingerprint density at radius 2 is 1.61 bits per heavy atom. The summed E-state index contributed by atoms with van der Waals surface area (Å²) >= 11 is 0. The molecule has 6 nitrogen and oxygen atoms in total. The van der Waals surface area contributed by atoms with Crippen LogP contribution in [0.4, 0.5) is 0 Å². The molecule has 148 valence electrons. The van der Waals surface area contributed by atoms with Crippen molar-refractivity contribution < 1.29 is 8.42 Å². The van der Waals surface area contributed by atoms with Crippen LogP contribution in [-0.2, 0) is 22.9 Å². The Morgan fingerprint density at radius 3 is 2.25 bits per heavy atom. The SMILES string of the molecule is Cc1ccc(Cc2nc(CCNS(=O)(=O)c3c(C)cc(C)cc3C)n[nH]2)cc1. The molecular weight excluding hydrogens is 372 g/mol. The third-order valence-electron chi connectivity index (χ3n) is 4.58. The molecule has 0 aliphatic heterocycles. The minimum Gasteiger partial charge on any atom is -0.263 e. The summed E-state index contributed by atoms with van der Waals surface area (Å²) in [6.07, 6.45) is 1.09. The number of sulfonamides is 1. The van der Waals surface area contributed by atoms with Crippen LogP contribution in [0, 0.1) is 27.7 Å². The van der Waals surface area contributed by atoms with Gasteiger partial charge in [0.1, 0.15) is 5.82 Å². The number of aryl methyl sites for hydroxylation is 4. The molecule has 1 aromatic heterocycles. The predicted octanol–water partition coefficient (Wildman–Crippen LogP) is 3.15. The molecule has 3 rings (SSSR count). The highest BCUT2D eigenvalue weighted by Gasteiger charge is 2.19. The summed E-state index contributed by atoms with van der Waals surface area (Å²) in [5, 5.41) is 7.13. The van der Waals surface area contributed by atoms with Crippen molar-refractivity contribution in [2.75, 3.05) is 6.54 Å². The summed E-state index contributed by atoms with van der Waals surface area (Å²) in [7, 11) is -3.57. The van der Waals surface area contributed by atoms with Gasteiger partial charge in [0.25, 0.3) is 0 Å². The second-order valence-electron chi connectivity index (χ2n) is 7.24. The van der Waals surface area contributed by atoms with Crippen LogP contribution >= 0.6 is 0 Å². The van der Waals surface area contributed by atoms with Gasteiger partial charge in [-0.25, -0.2) is 18.1 Å². The van der Waals surface area contributed by atoms with E-state index < -0.39 is 10.0 Å². The number of hydrogen-bond acceptors (Lipinski definition) is 4. The summed E-state index contributed by atoms with van der Waals surface area (Å²) in [6.45, 7) is 7.90. The molecule has 0 saturated heterocycles. The molecule has 0 saturated carbocycles. The summed E-state index contributed by atoms with van der Waals surface area (Å²) in [6, 6.07) is 12.0. The first-order valence-electron chi connectivity index (χ1n) is 9.28. The van der Waals surface area contributed by atoms with Gasteiger partial charge in [-0.15, -0.1) is 0 Å². The van der Waals surface area contributed by atoms with Crippen molar-refractivity contribution in [1.82, 2.24) is 19.9 Å². The van der Waals surface area contributed by atoms with Gasteiger partial charge >= 0.3 is 0 Å². The Bertz CT molecular complexity index is 1050. The van der Waals surface area contributed by atoms with E-state index in [1.807, 2.05) is 32.9 Å². The summed E-state index contributed by atoms with van der Waals surface area (Å²) in [4.78, 5) is 4.82. The van der Waals surface area contributed by atoms with Gasteiger partial charge in [-0.1, -0.05) is 47.5 Å². The molecule has 7 heteroatoms. The Hall–Kier alpha value is -2.51. The number of nitrogens with zero attached hydrogens (tertiary/aromatic N) is 2. The first-order valence-corrected chi connectivity index (χ1v) is 10.8. The number of nitrogens with one attached hydrogen (secondary N) is 2. The largest absolute Gasteiger partial charge is 0.263 e. The highest BCUT2D eigenvalue weighted by molar-refractivity contribution is 7.89. The Labute approximate surface area is 166 Å². The van der Waals surface area contributed by atoms with E-state index in [2.05, 4.69) is 51.1 Å². The van der Waals surface area contributed by atoms with Crippen LogP contribution in [0.15, 0.2) is 41.3 Å². The molecule has 3 aromatic rings. The van der Waals surface area contributed by atoms with E-state index in [1.165, 1.54) is 5.56 Å². The number of aromatic nitrogens is 3. The molecule has 0 fully saturated rings. The maximum absolute atomic E-state index is 12.7. The Kier molecular flexibility index (Phi) is 5.96. The van der Waals surface area contributed by atoms with Crippen molar-refractivity contribution in [3.8, 4) is 0 Å². The van der Waals surface area contributed by atoms with E-state index in [-0.39, 0.29) is 6.54 Å². The molecule has 1 heterocycles. The second-order valence-corrected chi connectivity index (χ2v) is 8.94. The maximum atomic E-state index is 12.7. The fourth-order valence-electron chi connectivity index (χ4n) is 3.39. The van der Waals surface area contributed by atoms with Crippen LogP contribution in [0.25, 0.3) is 0 Å². The quantitative estimate of drug-likeness (QED) is 0.640. The lowest BCUT2D eigenvalue weighted by atomic mass is 10.1. The second kappa shape index (κ2) is 8.24. The zero-order valence-corrected chi connectivity index (χ0v) is 17.5. The molecule has 0 aliphatic carbocycles. The van der Waals surface area contributed by atoms with Crippen LogP contribution in [0.3, 0.4) is 0 Å². The van der Waals surface area contributed by atoms with Crippen molar-refractivity contribution in [1.29, 1.82) is 0 Å². The standard InChI is InChI=1S/C21H26N4O2S/c1-14-5-7-18(8-6-14)13-20-23-19(24-25-20)9-10-22-28(26,27)21-16(3)11-15(2)12-17(21)4/h5-8,11-12,22H,9-10,13H2,1-4H3,(H,23,24,25). The minimum atomic E-state index is -3.57. The lowest BCUT2D eigenvalue weighted by Gasteiger charge is -2.12. The lowest BCUT2D eigenvalue weighted by Crippen LogP contribution is -2.27. The lowest BCUT2D eigenvalue weighted by molar-refractivity contribution is 0.579. The number of H-pyrrole nitrogens is 1. The van der Waals surface area contributed by atoms with Crippen molar-refractivity contribution >= 4 is 10.0 Å². The molecule has 0 amide bonds. The fourth-order valence-corrected chi connectivity index (χ4v) is 4.87. The predicted molar refractivity (Wildman–Crippen MR) is 110 cm³/mol. The summed E-state index contributed by atoms with van der Waals surface area (Å²) < 4.78 is 28.0. The van der Waals surface area contributed by atoms with Crippen molar-refractivity contribution in [3.63, 3.8) is 0 Å². The summed E-state index contributed by atoms with van der Waals surface area (Å²) in [5.74, 6) is 1.37. The van der Waals surface area contributed by atoms with Gasteiger partial charge in [0.05, 0.1) is 4.90 Å². The smallest absolute Gasteiger partial charge is 0.241 e. The molecule has 28 heavy (non-hydrogen) atoms. The fraction of sp³-hybridized carbons (Fsp3) is 0.333. The van der Waals surface area contributed by atoms with Gasteiger partial charge in [0.2, 0.25) is 10.0 Å². The first kappa shape index (κ1) is 20.2. The van der Waals surface area contributed by atoms with E-state index in [1.54, 1.807) is 0 Å². The van der Waals surface area contributed by atoms with Gasteiger partial charge in [-0.3, -0.25) is 5.10 Å². The topological polar surface area (TPSA) is 87.7 Å². The molecule has 2 aromatic carbocycles. The molecule has 0 unspecified atom stereocenters. The molecule has 2 N–H and O–H groups in total. The molecule has 0 spiro atoms. The average molecular weight is 399 g/mol. The van der Waals surface area contributed by atoms with Crippen LogP contribution in [0.1, 0.15) is 39.5 Å². The Balaban J connectivity index is 1.61. The number of aromatic amines is 1. The van der Waals surface area contributed by atoms with E-state index >= 15 is 0 Å². The number of rotatable bonds is 7. The van der Waals surface area contributed by atoms with E-state index in [0.29, 0.717) is 23.6 Å². The highest BCUT2D eigenvalue weighted by Crippen LogP contribution is 2.21. The van der Waals surface area contributed by atoms with Crippen molar-refractivity contribution in [2.24, 2.45) is 0 Å². The van der Waals surface area contributed by atoms with Crippen LogP contribution in [0.2, 0.25) is 0 Å². The number of benzene rings is 2. The zero-order valence-electron chi connectivity index (χ0n) is 16.7. The third kappa shape index (κ3) is 4.85. The maximum Gasteiger partial charge on any atom is 0.241 e. The van der Waals surface area contributed by atoms with Gasteiger partial charge in [0, 0.05) is 19.4 Å². The molecule has 0 bridgehead atoms. The average Bonchev–Trinajstić information content (AvgIpc) is 3.03. The van der Waals surface area contributed by atoms with Crippen LogP contribution in [0.5, 0.6) is 0 Å². The van der Waals surface area contributed by atoms with Gasteiger partial charge < -0.3 is 0 Å². The van der Waals surface area contributed by atoms with Crippen molar-refractivity contribution in [2.45, 2.75) is 45.4 Å². The summed E-state index contributed by atoms with van der Waals surface area (Å²) in [5.41, 5.74) is 4.93. The van der Waals surface area contributed by atoms with Gasteiger partial charge in [-0.05, 0) is 44.4 Å². The molecule has 0 atom stereocenters. The first-order chi connectivity index (χ1) is 13.2. The van der Waals surface area contributed by atoms with Gasteiger partial charge in [-0.2, -0.15) is 5.10 Å². The molecule has 0 radical (unpaired) electrons. The zero-order chi connectivity index (χ0) is 20.3. The van der Waals surface area contributed by atoms with Crippen molar-refractivity contribution in [3.05, 3.63) is 75.9 Å². The van der Waals surface area contributed by atoms with E-state index in [9.17, 15) is 8.42 Å². The molecular formula is C21H26N4O2S. The van der Waals surface area contributed by atoms with Crippen LogP contribution in [-0.4, -0.2) is 30.1 Å². The van der Waals surface area contributed by atoms with E-state index in [4.69, 9.17) is 0 Å². The van der Waals surface area contributed by atoms with E-state index in [0.717, 1.165) is 28.1 Å². The third-order valence-corrected chi connectivity index (χ3v) is 6.35.